The van der Waals surface area contributed by atoms with Crippen LogP contribution in [0.5, 0.6) is 0 Å². The van der Waals surface area contributed by atoms with Gasteiger partial charge in [0.25, 0.3) is 0 Å². The smallest absolute Gasteiger partial charge is 0.327 e. The Hall–Kier alpha value is -1.78. The summed E-state index contributed by atoms with van der Waals surface area (Å²) in [6, 6.07) is 7.39. The molecule has 0 unspecified atom stereocenters. The van der Waals surface area contributed by atoms with Gasteiger partial charge < -0.3 is 4.90 Å². The molecule has 2 rings (SSSR count). The van der Waals surface area contributed by atoms with E-state index in [1.165, 1.54) is 6.08 Å². The van der Waals surface area contributed by atoms with Crippen LogP contribution in [0.4, 0.5) is 13.2 Å². The molecule has 0 aliphatic carbocycles. The molecular weight excluding hydrogens is 267 g/mol. The zero-order chi connectivity index (χ0) is 14.6. The van der Waals surface area contributed by atoms with Crippen molar-refractivity contribution in [3.63, 3.8) is 0 Å². The van der Waals surface area contributed by atoms with E-state index in [0.29, 0.717) is 12.8 Å². The van der Waals surface area contributed by atoms with Crippen LogP contribution in [0.25, 0.3) is 6.08 Å². The number of piperidine rings is 1. The number of nitrogens with zero attached hydrogens (tertiary/aromatic N) is 1. The Labute approximate surface area is 115 Å². The molecular formula is C15H16F3NO. The molecule has 0 radical (unpaired) electrons. The summed E-state index contributed by atoms with van der Waals surface area (Å²) in [4.78, 5) is 12.9. The molecule has 1 aromatic rings. The first kappa shape index (κ1) is 14.6. The van der Waals surface area contributed by atoms with Crippen molar-refractivity contribution >= 4 is 12.0 Å². The van der Waals surface area contributed by atoms with Crippen LogP contribution in [0.2, 0.25) is 0 Å². The van der Waals surface area contributed by atoms with Crippen LogP contribution in [0.3, 0.4) is 0 Å². The summed E-state index contributed by atoms with van der Waals surface area (Å²) in [6.45, 7) is 0.169. The van der Waals surface area contributed by atoms with Gasteiger partial charge in [-0.05, 0) is 30.9 Å². The number of hydrogen-bond acceptors (Lipinski definition) is 1. The van der Waals surface area contributed by atoms with Crippen LogP contribution < -0.4 is 0 Å². The Morgan fingerprint density at radius 2 is 1.90 bits per heavy atom. The normalized spacial score (nSPS) is 20.4. The highest BCUT2D eigenvalue weighted by Gasteiger charge is 2.45. The van der Waals surface area contributed by atoms with Crippen LogP contribution in [0.15, 0.2) is 36.4 Å². The van der Waals surface area contributed by atoms with Crippen molar-refractivity contribution in [2.75, 3.05) is 6.54 Å². The lowest BCUT2D eigenvalue weighted by Gasteiger charge is -2.36. The van der Waals surface area contributed by atoms with Gasteiger partial charge in [0.1, 0.15) is 6.04 Å². The molecule has 1 aliphatic rings. The van der Waals surface area contributed by atoms with Crippen LogP contribution in [0, 0.1) is 0 Å². The standard InChI is InChI=1S/C15H16F3NO/c16-15(17,18)13-8-4-5-11-19(13)14(20)10-9-12-6-2-1-3-7-12/h1-3,6-7,9-10,13H,4-5,8,11H2/b10-9+/t13-/m0/s1. The molecule has 0 bridgehead atoms. The van der Waals surface area contributed by atoms with Crippen molar-refractivity contribution in [1.29, 1.82) is 0 Å². The summed E-state index contributed by atoms with van der Waals surface area (Å²) in [5.74, 6) is -0.573. The second kappa shape index (κ2) is 6.11. The fourth-order valence-electron chi connectivity index (χ4n) is 2.36. The van der Waals surface area contributed by atoms with Gasteiger partial charge in [-0.2, -0.15) is 13.2 Å². The van der Waals surface area contributed by atoms with Crippen molar-refractivity contribution in [1.82, 2.24) is 4.90 Å². The first-order valence-electron chi connectivity index (χ1n) is 6.59. The Kier molecular flexibility index (Phi) is 4.47. The number of carbonyl (C=O) groups is 1. The number of rotatable bonds is 2. The third-order valence-corrected chi connectivity index (χ3v) is 3.38. The van der Waals surface area contributed by atoms with Gasteiger partial charge in [0.05, 0.1) is 0 Å². The summed E-state index contributed by atoms with van der Waals surface area (Å²) in [5, 5.41) is 0. The Balaban J connectivity index is 2.09. The predicted octanol–water partition coefficient (Wildman–Crippen LogP) is 3.64. The van der Waals surface area contributed by atoms with Gasteiger partial charge in [-0.15, -0.1) is 0 Å². The van der Waals surface area contributed by atoms with Crippen molar-refractivity contribution in [3.05, 3.63) is 42.0 Å². The van der Waals surface area contributed by atoms with Crippen molar-refractivity contribution in [2.24, 2.45) is 0 Å². The largest absolute Gasteiger partial charge is 0.408 e. The molecule has 1 amide bonds. The fourth-order valence-corrected chi connectivity index (χ4v) is 2.36. The van der Waals surface area contributed by atoms with Gasteiger partial charge in [-0.3, -0.25) is 4.79 Å². The number of benzene rings is 1. The molecule has 1 aliphatic heterocycles. The van der Waals surface area contributed by atoms with Gasteiger partial charge in [0, 0.05) is 12.6 Å². The Morgan fingerprint density at radius 1 is 1.20 bits per heavy atom. The number of hydrogen-bond donors (Lipinski definition) is 0. The third kappa shape index (κ3) is 3.62. The van der Waals surface area contributed by atoms with Crippen molar-refractivity contribution in [3.8, 4) is 0 Å². The molecule has 0 N–H and O–H groups in total. The average molecular weight is 283 g/mol. The van der Waals surface area contributed by atoms with Crippen LogP contribution in [-0.4, -0.2) is 29.6 Å². The van der Waals surface area contributed by atoms with E-state index in [-0.39, 0.29) is 13.0 Å². The van der Waals surface area contributed by atoms with Gasteiger partial charge >= 0.3 is 6.18 Å². The third-order valence-electron chi connectivity index (χ3n) is 3.38. The van der Waals surface area contributed by atoms with Gasteiger partial charge in [0.2, 0.25) is 5.91 Å². The first-order chi connectivity index (χ1) is 9.48. The van der Waals surface area contributed by atoms with E-state index in [4.69, 9.17) is 0 Å². The fraction of sp³-hybridized carbons (Fsp3) is 0.400. The maximum absolute atomic E-state index is 12.9. The SMILES string of the molecule is O=C(/C=C/c1ccccc1)N1CCCC[C@H]1C(F)(F)F. The molecule has 1 atom stereocenters. The molecule has 20 heavy (non-hydrogen) atoms. The van der Waals surface area contributed by atoms with E-state index in [1.54, 1.807) is 18.2 Å². The second-order valence-corrected chi connectivity index (χ2v) is 4.83. The van der Waals surface area contributed by atoms with Crippen LogP contribution in [0.1, 0.15) is 24.8 Å². The molecule has 2 nitrogen and oxygen atoms in total. The molecule has 1 aromatic carbocycles. The van der Waals surface area contributed by atoms with Crippen LogP contribution >= 0.6 is 0 Å². The lowest BCUT2D eigenvalue weighted by atomic mass is 10.0. The Morgan fingerprint density at radius 3 is 2.55 bits per heavy atom. The summed E-state index contributed by atoms with van der Waals surface area (Å²) in [7, 11) is 0. The van der Waals surface area contributed by atoms with Crippen molar-refractivity contribution < 1.29 is 18.0 Å². The van der Waals surface area contributed by atoms with Crippen molar-refractivity contribution in [2.45, 2.75) is 31.5 Å². The minimum atomic E-state index is -4.35. The number of amides is 1. The minimum absolute atomic E-state index is 0.00554. The first-order valence-corrected chi connectivity index (χ1v) is 6.59. The monoisotopic (exact) mass is 283 g/mol. The zero-order valence-corrected chi connectivity index (χ0v) is 10.9. The van der Waals surface area contributed by atoms with Gasteiger partial charge in [0.15, 0.2) is 0 Å². The molecule has 0 saturated carbocycles. The van der Waals surface area contributed by atoms with E-state index in [0.717, 1.165) is 10.5 Å². The molecule has 0 spiro atoms. The summed E-state index contributed by atoms with van der Waals surface area (Å²) in [5.41, 5.74) is 0.793. The highest BCUT2D eigenvalue weighted by atomic mass is 19.4. The van der Waals surface area contributed by atoms with Gasteiger partial charge in [-0.25, -0.2) is 0 Å². The number of likely N-dealkylation sites (tertiary alicyclic amines) is 1. The number of alkyl halides is 3. The molecule has 5 heteroatoms. The summed E-state index contributed by atoms with van der Waals surface area (Å²) >= 11 is 0. The zero-order valence-electron chi connectivity index (χ0n) is 10.9. The topological polar surface area (TPSA) is 20.3 Å². The molecule has 1 saturated heterocycles. The average Bonchev–Trinajstić information content (AvgIpc) is 2.45. The van der Waals surface area contributed by atoms with Crippen LogP contribution in [-0.2, 0) is 4.79 Å². The summed E-state index contributed by atoms with van der Waals surface area (Å²) in [6.07, 6.45) is -0.456. The lowest BCUT2D eigenvalue weighted by Crippen LogP contribution is -2.50. The highest BCUT2D eigenvalue weighted by molar-refractivity contribution is 5.92. The molecule has 108 valence electrons. The molecule has 1 fully saturated rings. The predicted molar refractivity (Wildman–Crippen MR) is 70.9 cm³/mol. The molecule has 0 aromatic heterocycles. The maximum atomic E-state index is 12.9. The lowest BCUT2D eigenvalue weighted by molar-refractivity contribution is -0.193. The number of carbonyl (C=O) groups excluding carboxylic acids is 1. The maximum Gasteiger partial charge on any atom is 0.408 e. The van der Waals surface area contributed by atoms with E-state index < -0.39 is 18.1 Å². The quantitative estimate of drug-likeness (QED) is 0.759. The van der Waals surface area contributed by atoms with E-state index >= 15 is 0 Å². The Bertz CT molecular complexity index is 482. The van der Waals surface area contributed by atoms with E-state index in [2.05, 4.69) is 0 Å². The highest BCUT2D eigenvalue weighted by Crippen LogP contribution is 2.31. The number of halogens is 3. The van der Waals surface area contributed by atoms with E-state index in [9.17, 15) is 18.0 Å². The van der Waals surface area contributed by atoms with Gasteiger partial charge in [-0.1, -0.05) is 30.3 Å². The second-order valence-electron chi connectivity index (χ2n) is 4.83. The van der Waals surface area contributed by atoms with E-state index in [1.807, 2.05) is 18.2 Å². The molecule has 1 heterocycles. The minimum Gasteiger partial charge on any atom is -0.327 e. The summed E-state index contributed by atoms with van der Waals surface area (Å²) < 4.78 is 38.7.